The van der Waals surface area contributed by atoms with E-state index in [9.17, 15) is 0 Å². The van der Waals surface area contributed by atoms with Crippen LogP contribution >= 0.6 is 30.6 Å². The first-order valence-electron chi connectivity index (χ1n) is 3.07. The smallest absolute Gasteiger partial charge is 0.114 e. The highest BCUT2D eigenvalue weighted by Crippen LogP contribution is 2.26. The summed E-state index contributed by atoms with van der Waals surface area (Å²) in [6.45, 7) is 0. The van der Waals surface area contributed by atoms with E-state index in [0.717, 1.165) is 0 Å². The lowest BCUT2D eigenvalue weighted by atomic mass is 10.9. The quantitative estimate of drug-likeness (QED) is 0.469. The summed E-state index contributed by atoms with van der Waals surface area (Å²) in [6.07, 6.45) is 0. The van der Waals surface area contributed by atoms with Gasteiger partial charge >= 0.3 is 0 Å². The molecule has 0 aromatic heterocycles. The van der Waals surface area contributed by atoms with E-state index in [2.05, 4.69) is 30.6 Å². The van der Waals surface area contributed by atoms with Gasteiger partial charge in [0, 0.05) is 0 Å². The average Bonchev–Trinajstić information content (AvgIpc) is 1.77. The highest BCUT2D eigenvalue weighted by molar-refractivity contribution is 9.25. The SMILES string of the molecule is Br[SiH]1CC[SiH](Br)CC1. The third-order valence-electron chi connectivity index (χ3n) is 1.59. The van der Waals surface area contributed by atoms with E-state index < -0.39 is 0 Å². The molecule has 1 heterocycles. The van der Waals surface area contributed by atoms with Gasteiger partial charge in [0.15, 0.2) is 0 Å². The number of rotatable bonds is 0. The summed E-state index contributed by atoms with van der Waals surface area (Å²) < 4.78 is 0. The third-order valence-corrected chi connectivity index (χ3v) is 12.3. The minimum absolute atomic E-state index is 0.316. The van der Waals surface area contributed by atoms with Crippen molar-refractivity contribution in [1.82, 2.24) is 0 Å². The Bertz CT molecular complexity index is 60.4. The highest BCUT2D eigenvalue weighted by atomic mass is 79.9. The molecule has 0 unspecified atom stereocenters. The molecule has 48 valence electrons. The zero-order chi connectivity index (χ0) is 5.98. The maximum absolute atomic E-state index is 3.76. The van der Waals surface area contributed by atoms with Crippen LogP contribution in [0.2, 0.25) is 24.2 Å². The van der Waals surface area contributed by atoms with Crippen LogP contribution in [0.15, 0.2) is 0 Å². The molecule has 0 nitrogen and oxygen atoms in total. The van der Waals surface area contributed by atoms with Crippen LogP contribution in [0.4, 0.5) is 0 Å². The van der Waals surface area contributed by atoms with E-state index in [1.54, 1.807) is 24.2 Å². The maximum Gasteiger partial charge on any atom is 0.114 e. The van der Waals surface area contributed by atoms with Gasteiger partial charge in [0.25, 0.3) is 0 Å². The van der Waals surface area contributed by atoms with Gasteiger partial charge in [0.05, 0.1) is 0 Å². The van der Waals surface area contributed by atoms with Gasteiger partial charge in [-0.1, -0.05) is 24.2 Å². The second-order valence-corrected chi connectivity index (χ2v) is 14.8. The van der Waals surface area contributed by atoms with Crippen molar-refractivity contribution in [1.29, 1.82) is 0 Å². The van der Waals surface area contributed by atoms with Crippen molar-refractivity contribution in [2.24, 2.45) is 0 Å². The fourth-order valence-corrected chi connectivity index (χ4v) is 16.9. The Balaban J connectivity index is 2.19. The normalized spacial score (nSPS) is 39.8. The number of hydrogen-bond acceptors (Lipinski definition) is 0. The molecular weight excluding hydrogens is 264 g/mol. The van der Waals surface area contributed by atoms with E-state index in [4.69, 9.17) is 0 Å². The molecule has 0 saturated carbocycles. The standard InChI is InChI=1S/C4H10Br2Si2/c5-7-1-2-8(6)4-3-7/h7-8H,1-4H2. The second kappa shape index (κ2) is 3.53. The van der Waals surface area contributed by atoms with Crippen molar-refractivity contribution < 1.29 is 0 Å². The molecule has 0 bridgehead atoms. The Morgan fingerprint density at radius 3 is 1.25 bits per heavy atom. The van der Waals surface area contributed by atoms with Gasteiger partial charge in [-0.15, -0.1) is 30.6 Å². The molecule has 8 heavy (non-hydrogen) atoms. The summed E-state index contributed by atoms with van der Waals surface area (Å²) in [7, 11) is -0.632. The highest BCUT2D eigenvalue weighted by Gasteiger charge is 2.18. The summed E-state index contributed by atoms with van der Waals surface area (Å²) >= 11 is 7.51. The molecule has 0 amide bonds. The zero-order valence-corrected chi connectivity index (χ0v) is 10.2. The number of halogens is 2. The predicted octanol–water partition coefficient (Wildman–Crippen LogP) is 2.24. The molecule has 4 heteroatoms. The summed E-state index contributed by atoms with van der Waals surface area (Å²) in [5.74, 6) is 0. The van der Waals surface area contributed by atoms with Gasteiger partial charge in [0.1, 0.15) is 14.8 Å². The molecule has 0 N–H and O–H groups in total. The first-order chi connectivity index (χ1) is 3.79. The Morgan fingerprint density at radius 2 is 1.00 bits per heavy atom. The van der Waals surface area contributed by atoms with Crippen molar-refractivity contribution in [2.75, 3.05) is 0 Å². The van der Waals surface area contributed by atoms with Crippen molar-refractivity contribution in [3.8, 4) is 0 Å². The van der Waals surface area contributed by atoms with Gasteiger partial charge in [0.2, 0.25) is 0 Å². The van der Waals surface area contributed by atoms with Crippen LogP contribution in [-0.4, -0.2) is 14.8 Å². The maximum atomic E-state index is 3.76. The fraction of sp³-hybridized carbons (Fsp3) is 1.00. The molecule has 0 aliphatic carbocycles. The molecule has 1 aliphatic heterocycles. The van der Waals surface area contributed by atoms with Crippen LogP contribution in [0.3, 0.4) is 0 Å². The molecule has 0 aromatic rings. The zero-order valence-electron chi connectivity index (χ0n) is 4.74. The van der Waals surface area contributed by atoms with E-state index >= 15 is 0 Å². The Morgan fingerprint density at radius 1 is 0.750 bits per heavy atom. The van der Waals surface area contributed by atoms with E-state index in [1.807, 2.05) is 0 Å². The topological polar surface area (TPSA) is 0 Å². The second-order valence-electron chi connectivity index (χ2n) is 2.35. The fourth-order valence-electron chi connectivity index (χ4n) is 1.01. The lowest BCUT2D eigenvalue weighted by molar-refractivity contribution is 1.24. The summed E-state index contributed by atoms with van der Waals surface area (Å²) in [5.41, 5.74) is 0. The van der Waals surface area contributed by atoms with Gasteiger partial charge in [-0.25, -0.2) is 0 Å². The molecule has 0 radical (unpaired) electrons. The number of hydrogen-bond donors (Lipinski definition) is 0. The summed E-state index contributed by atoms with van der Waals surface area (Å²) in [4.78, 5) is 0. The van der Waals surface area contributed by atoms with Crippen LogP contribution in [-0.2, 0) is 0 Å². The van der Waals surface area contributed by atoms with Crippen LogP contribution in [0.1, 0.15) is 0 Å². The predicted molar refractivity (Wildman–Crippen MR) is 51.4 cm³/mol. The van der Waals surface area contributed by atoms with Crippen molar-refractivity contribution in [2.45, 2.75) is 24.2 Å². The largest absolute Gasteiger partial charge is 0.131 e. The van der Waals surface area contributed by atoms with Crippen LogP contribution in [0, 0.1) is 0 Å². The van der Waals surface area contributed by atoms with E-state index in [-0.39, 0.29) is 14.8 Å². The van der Waals surface area contributed by atoms with E-state index in [0.29, 0.717) is 0 Å². The Kier molecular flexibility index (Phi) is 3.31. The Hall–Kier alpha value is 1.39. The monoisotopic (exact) mass is 272 g/mol. The molecule has 1 aliphatic rings. The molecule has 1 rings (SSSR count). The van der Waals surface area contributed by atoms with Crippen LogP contribution < -0.4 is 0 Å². The van der Waals surface area contributed by atoms with Gasteiger partial charge in [-0.3, -0.25) is 0 Å². The van der Waals surface area contributed by atoms with Gasteiger partial charge in [-0.2, -0.15) is 0 Å². The van der Waals surface area contributed by atoms with E-state index in [1.165, 1.54) is 0 Å². The van der Waals surface area contributed by atoms with Crippen molar-refractivity contribution in [3.63, 3.8) is 0 Å². The molecule has 1 fully saturated rings. The first kappa shape index (κ1) is 7.50. The molecule has 0 spiro atoms. The molecule has 1 saturated heterocycles. The molecule has 0 aromatic carbocycles. The van der Waals surface area contributed by atoms with Gasteiger partial charge < -0.3 is 0 Å². The van der Waals surface area contributed by atoms with Gasteiger partial charge in [-0.05, 0) is 0 Å². The molecular formula is C4H10Br2Si2. The minimum atomic E-state index is -0.316. The Labute approximate surface area is 69.4 Å². The molecule has 0 atom stereocenters. The first-order valence-corrected chi connectivity index (χ1v) is 12.7. The summed E-state index contributed by atoms with van der Waals surface area (Å²) in [5, 5.41) is 0. The van der Waals surface area contributed by atoms with Crippen molar-refractivity contribution >= 4 is 45.4 Å². The lowest BCUT2D eigenvalue weighted by Crippen LogP contribution is -2.16. The summed E-state index contributed by atoms with van der Waals surface area (Å²) in [6, 6.07) is 6.18. The van der Waals surface area contributed by atoms with Crippen LogP contribution in [0.25, 0.3) is 0 Å². The lowest BCUT2D eigenvalue weighted by Gasteiger charge is -2.17. The third kappa shape index (κ3) is 2.33. The van der Waals surface area contributed by atoms with Crippen LogP contribution in [0.5, 0.6) is 0 Å². The average molecular weight is 274 g/mol. The minimum Gasteiger partial charge on any atom is -0.131 e. The van der Waals surface area contributed by atoms with Crippen molar-refractivity contribution in [3.05, 3.63) is 0 Å².